The molecular formula is C44H48ClN5O5S2. The number of hydrogen-bond acceptors (Lipinski definition) is 9. The number of anilines is 1. The quantitative estimate of drug-likeness (QED) is 0.0689. The number of aromatic nitrogens is 2. The second-order valence-electron chi connectivity index (χ2n) is 14.0. The summed E-state index contributed by atoms with van der Waals surface area (Å²) in [5.74, 6) is 0.739. The van der Waals surface area contributed by atoms with Crippen molar-refractivity contribution in [1.29, 1.82) is 0 Å². The lowest BCUT2D eigenvalue weighted by Gasteiger charge is -2.32. The Labute approximate surface area is 347 Å². The predicted octanol–water partition coefficient (Wildman–Crippen LogP) is 8.83. The summed E-state index contributed by atoms with van der Waals surface area (Å²) in [6.45, 7) is 6.20. The van der Waals surface area contributed by atoms with Gasteiger partial charge in [-0.1, -0.05) is 67.9 Å². The van der Waals surface area contributed by atoms with Crippen molar-refractivity contribution in [3.8, 4) is 5.69 Å². The molecule has 1 aliphatic rings. The van der Waals surface area contributed by atoms with Crippen molar-refractivity contribution in [2.45, 2.75) is 70.9 Å². The van der Waals surface area contributed by atoms with Crippen molar-refractivity contribution in [1.82, 2.24) is 19.6 Å². The predicted molar refractivity (Wildman–Crippen MR) is 228 cm³/mol. The molecule has 5 aromatic rings. The minimum absolute atomic E-state index is 0.0267. The van der Waals surface area contributed by atoms with Crippen LogP contribution < -0.4 is 5.32 Å². The molecule has 0 radical (unpaired) electrons. The second kappa shape index (κ2) is 20.1. The van der Waals surface area contributed by atoms with Crippen molar-refractivity contribution in [3.05, 3.63) is 135 Å². The number of nitrogens with zero attached hydrogens (tertiary/aromatic N) is 4. The topological polar surface area (TPSA) is 114 Å². The van der Waals surface area contributed by atoms with E-state index in [-0.39, 0.29) is 43.1 Å². The van der Waals surface area contributed by atoms with Gasteiger partial charge in [-0.2, -0.15) is 16.9 Å². The van der Waals surface area contributed by atoms with Crippen LogP contribution in [0.25, 0.3) is 5.69 Å². The summed E-state index contributed by atoms with van der Waals surface area (Å²) in [5, 5.41) is 8.72. The van der Waals surface area contributed by atoms with E-state index < -0.39 is 5.97 Å². The second-order valence-corrected chi connectivity index (χ2v) is 16.7. The molecule has 298 valence electrons. The van der Waals surface area contributed by atoms with Gasteiger partial charge in [-0.15, -0.1) is 11.3 Å². The van der Waals surface area contributed by atoms with E-state index in [2.05, 4.69) is 29.2 Å². The first-order valence-corrected chi connectivity index (χ1v) is 21.6. The number of benzene rings is 3. The van der Waals surface area contributed by atoms with Crippen molar-refractivity contribution >= 4 is 63.3 Å². The maximum Gasteiger partial charge on any atom is 0.306 e. The van der Waals surface area contributed by atoms with Crippen LogP contribution >= 0.6 is 34.7 Å². The van der Waals surface area contributed by atoms with Crippen LogP contribution in [0.3, 0.4) is 0 Å². The van der Waals surface area contributed by atoms with E-state index in [1.165, 1.54) is 11.3 Å². The first-order valence-electron chi connectivity index (χ1n) is 19.3. The van der Waals surface area contributed by atoms with Crippen molar-refractivity contribution in [2.75, 3.05) is 31.2 Å². The average Bonchev–Trinajstić information content (AvgIpc) is 3.87. The number of fused-ring (bicyclic) bond motifs is 1. The van der Waals surface area contributed by atoms with E-state index in [1.54, 1.807) is 47.2 Å². The summed E-state index contributed by atoms with van der Waals surface area (Å²) >= 11 is 9.37. The SMILES string of the molecule is CCC(CC)N(CCN(C)C(=O)CCC(=O)OCc1ccccc1)Cc1cccc(C(=O)Nc2sc3c(c2C(=O)c2cnn(-c4ccc(Cl)cc4)c2)CCSC3)c1. The molecule has 2 aromatic heterocycles. The summed E-state index contributed by atoms with van der Waals surface area (Å²) in [5.41, 5.74) is 5.14. The number of carbonyl (C=O) groups excluding carboxylic acids is 4. The van der Waals surface area contributed by atoms with E-state index in [9.17, 15) is 19.2 Å². The number of amides is 2. The number of likely N-dealkylation sites (N-methyl/N-ethyl adjacent to an activating group) is 1. The van der Waals surface area contributed by atoms with Crippen LogP contribution in [0.15, 0.2) is 91.3 Å². The maximum absolute atomic E-state index is 14.1. The van der Waals surface area contributed by atoms with Gasteiger partial charge in [0.05, 0.1) is 29.4 Å². The number of thiophene rings is 1. The summed E-state index contributed by atoms with van der Waals surface area (Å²) in [7, 11) is 1.76. The van der Waals surface area contributed by atoms with Crippen LogP contribution in [0.4, 0.5) is 5.00 Å². The third kappa shape index (κ3) is 11.0. The fourth-order valence-corrected chi connectivity index (χ4v) is 9.41. The maximum atomic E-state index is 14.1. The van der Waals surface area contributed by atoms with E-state index >= 15 is 0 Å². The van der Waals surface area contributed by atoms with Crippen LogP contribution in [0, 0.1) is 0 Å². The van der Waals surface area contributed by atoms with Gasteiger partial charge in [-0.05, 0) is 78.1 Å². The highest BCUT2D eigenvalue weighted by Crippen LogP contribution is 2.41. The highest BCUT2D eigenvalue weighted by Gasteiger charge is 2.28. The zero-order chi connectivity index (χ0) is 40.3. The van der Waals surface area contributed by atoms with Crippen molar-refractivity contribution in [2.24, 2.45) is 0 Å². The average molecular weight is 826 g/mol. The van der Waals surface area contributed by atoms with Gasteiger partial charge in [0, 0.05) is 66.6 Å². The summed E-state index contributed by atoms with van der Waals surface area (Å²) < 4.78 is 6.99. The Morgan fingerprint density at radius 3 is 2.44 bits per heavy atom. The molecule has 0 saturated carbocycles. The third-order valence-corrected chi connectivity index (χ3v) is 12.7. The summed E-state index contributed by atoms with van der Waals surface area (Å²) in [6, 6.07) is 24.6. The van der Waals surface area contributed by atoms with Gasteiger partial charge >= 0.3 is 5.97 Å². The Morgan fingerprint density at radius 1 is 0.930 bits per heavy atom. The Bertz CT molecular complexity index is 2170. The molecule has 0 spiro atoms. The number of thioether (sulfide) groups is 1. The zero-order valence-electron chi connectivity index (χ0n) is 32.5. The van der Waals surface area contributed by atoms with Gasteiger partial charge in [0.15, 0.2) is 5.78 Å². The fourth-order valence-electron chi connectivity index (χ4n) is 6.91. The van der Waals surface area contributed by atoms with Crippen molar-refractivity contribution < 1.29 is 23.9 Å². The molecule has 0 saturated heterocycles. The van der Waals surface area contributed by atoms with Gasteiger partial charge in [-0.3, -0.25) is 24.1 Å². The van der Waals surface area contributed by atoms with Gasteiger partial charge in [0.2, 0.25) is 5.91 Å². The van der Waals surface area contributed by atoms with Crippen LogP contribution in [0.2, 0.25) is 5.02 Å². The molecule has 0 aliphatic carbocycles. The lowest BCUT2D eigenvalue weighted by Crippen LogP contribution is -2.41. The Hall–Kier alpha value is -4.75. The fraction of sp³-hybridized carbons (Fsp3) is 0.341. The van der Waals surface area contributed by atoms with Gasteiger partial charge in [0.1, 0.15) is 11.6 Å². The third-order valence-electron chi connectivity index (χ3n) is 10.2. The number of hydrogen-bond donors (Lipinski definition) is 1. The lowest BCUT2D eigenvalue weighted by molar-refractivity contribution is -0.147. The molecule has 3 heterocycles. The van der Waals surface area contributed by atoms with Gasteiger partial charge < -0.3 is 15.0 Å². The van der Waals surface area contributed by atoms with E-state index in [0.29, 0.717) is 46.3 Å². The van der Waals surface area contributed by atoms with E-state index in [1.807, 2.05) is 72.4 Å². The standard InChI is InChI=1S/C44H48ClN5O5S2/c1-4-35(5-2)49(22-21-48(3)39(51)18-19-40(52)55-28-30-10-7-6-8-11-30)26-31-12-9-13-32(24-31)43(54)47-44-41(37-20-23-56-29-38(37)57-44)42(53)33-25-46-50(27-33)36-16-14-34(45)15-17-36/h6-17,24-25,27,35H,4-5,18-23,26,28-29H2,1-3H3,(H,47,54). The molecule has 1 N–H and O–H groups in total. The number of ether oxygens (including phenoxy) is 1. The van der Waals surface area contributed by atoms with Gasteiger partial charge in [0.25, 0.3) is 5.91 Å². The van der Waals surface area contributed by atoms with Gasteiger partial charge in [-0.25, -0.2) is 4.68 Å². The zero-order valence-corrected chi connectivity index (χ0v) is 34.9. The number of ketones is 1. The largest absolute Gasteiger partial charge is 0.461 e. The molecular weight excluding hydrogens is 778 g/mol. The van der Waals surface area contributed by atoms with Crippen molar-refractivity contribution in [3.63, 3.8) is 0 Å². The molecule has 13 heteroatoms. The Morgan fingerprint density at radius 2 is 1.68 bits per heavy atom. The molecule has 3 aromatic carbocycles. The molecule has 1 aliphatic heterocycles. The van der Waals surface area contributed by atoms with Crippen LogP contribution in [-0.2, 0) is 39.7 Å². The monoisotopic (exact) mass is 825 g/mol. The first kappa shape index (κ1) is 41.9. The smallest absolute Gasteiger partial charge is 0.306 e. The molecule has 0 unspecified atom stereocenters. The molecule has 0 bridgehead atoms. The number of nitrogens with one attached hydrogen (secondary N) is 1. The van der Waals surface area contributed by atoms with Crippen LogP contribution in [-0.4, -0.2) is 75.1 Å². The lowest BCUT2D eigenvalue weighted by atomic mass is 10.0. The van der Waals surface area contributed by atoms with Crippen LogP contribution in [0.5, 0.6) is 0 Å². The first-order chi connectivity index (χ1) is 27.6. The van der Waals surface area contributed by atoms with Crippen LogP contribution in [0.1, 0.15) is 87.4 Å². The molecule has 2 amide bonds. The molecule has 57 heavy (non-hydrogen) atoms. The highest BCUT2D eigenvalue weighted by atomic mass is 35.5. The number of rotatable bonds is 18. The summed E-state index contributed by atoms with van der Waals surface area (Å²) in [4.78, 5) is 58.5. The minimum Gasteiger partial charge on any atom is -0.461 e. The number of esters is 1. The normalized spacial score (nSPS) is 12.4. The molecule has 0 fully saturated rings. The molecule has 6 rings (SSSR count). The Kier molecular flexibility index (Phi) is 14.8. The highest BCUT2D eigenvalue weighted by molar-refractivity contribution is 7.98. The Balaban J connectivity index is 1.10. The minimum atomic E-state index is -0.397. The number of halogens is 1. The molecule has 10 nitrogen and oxygen atoms in total. The number of carbonyl (C=O) groups is 4. The molecule has 0 atom stereocenters. The van der Waals surface area contributed by atoms with E-state index in [0.717, 1.165) is 58.0 Å². The summed E-state index contributed by atoms with van der Waals surface area (Å²) in [6.07, 6.45) is 6.00. The van der Waals surface area contributed by atoms with E-state index in [4.69, 9.17) is 16.3 Å².